The van der Waals surface area contributed by atoms with Crippen LogP contribution in [0.15, 0.2) is 36.4 Å². The fourth-order valence-electron chi connectivity index (χ4n) is 4.93. The van der Waals surface area contributed by atoms with Gasteiger partial charge < -0.3 is 15.5 Å². The van der Waals surface area contributed by atoms with Crippen molar-refractivity contribution in [1.29, 1.82) is 0 Å². The molecule has 1 fully saturated rings. The van der Waals surface area contributed by atoms with E-state index in [4.69, 9.17) is 0 Å². The molecular formula is C26H31F4N7O. The molecule has 0 spiro atoms. The first-order valence-corrected chi connectivity index (χ1v) is 12.4. The maximum Gasteiger partial charge on any atom is 0.323 e. The number of carbonyl (C=O) groups is 1. The van der Waals surface area contributed by atoms with Gasteiger partial charge in [-0.25, -0.2) is 27.5 Å². The van der Waals surface area contributed by atoms with Gasteiger partial charge in [-0.2, -0.15) is 0 Å². The van der Waals surface area contributed by atoms with Crippen molar-refractivity contribution in [1.82, 2.24) is 20.6 Å². The zero-order valence-electron chi connectivity index (χ0n) is 21.7. The van der Waals surface area contributed by atoms with Crippen LogP contribution < -0.4 is 15.5 Å². The average Bonchev–Trinajstić information content (AvgIpc) is 3.33. The fourth-order valence-corrected chi connectivity index (χ4v) is 4.93. The number of amides is 2. The molecule has 0 atom stereocenters. The molecule has 2 amide bonds. The molecule has 4 rings (SSSR count). The number of halogens is 4. The smallest absolute Gasteiger partial charge is 0.323 e. The van der Waals surface area contributed by atoms with Gasteiger partial charge in [0, 0.05) is 32.0 Å². The van der Waals surface area contributed by atoms with E-state index in [1.54, 1.807) is 18.2 Å². The highest BCUT2D eigenvalue weighted by Crippen LogP contribution is 2.56. The Morgan fingerprint density at radius 2 is 1.66 bits per heavy atom. The maximum absolute atomic E-state index is 14.2. The summed E-state index contributed by atoms with van der Waals surface area (Å²) >= 11 is 0. The van der Waals surface area contributed by atoms with Crippen molar-refractivity contribution >= 4 is 23.1 Å². The summed E-state index contributed by atoms with van der Waals surface area (Å²) in [5, 5.41) is 18.8. The van der Waals surface area contributed by atoms with Gasteiger partial charge in [0.15, 0.2) is 5.82 Å². The number of nitrogens with one attached hydrogen (secondary N) is 3. The second-order valence-electron chi connectivity index (χ2n) is 10.7. The third-order valence-corrected chi connectivity index (χ3v) is 6.41. The topological polar surface area (TPSA) is 98.8 Å². The number of hydrogen-bond donors (Lipinski definition) is 3. The summed E-state index contributed by atoms with van der Waals surface area (Å²) < 4.78 is 55.9. The predicted octanol–water partition coefficient (Wildman–Crippen LogP) is 5.96. The van der Waals surface area contributed by atoms with Gasteiger partial charge in [0.05, 0.1) is 22.5 Å². The van der Waals surface area contributed by atoms with E-state index in [1.807, 2.05) is 0 Å². The third kappa shape index (κ3) is 5.89. The minimum Gasteiger partial charge on any atom is -0.369 e. The van der Waals surface area contributed by atoms with Gasteiger partial charge in [0.1, 0.15) is 11.6 Å². The number of alkyl halides is 2. The number of aromatic nitrogens is 4. The SMILES string of the molecule is CC(C)CN(CC(C)C)c1ccc(C2(c3nnn[nH]3)CC(F)(F)C2)cc1NC(=O)Nc1ccc(F)cc1F. The molecule has 204 valence electrons. The minimum absolute atomic E-state index is 0.203. The molecule has 0 radical (unpaired) electrons. The first-order chi connectivity index (χ1) is 17.9. The van der Waals surface area contributed by atoms with Gasteiger partial charge in [-0.1, -0.05) is 33.8 Å². The van der Waals surface area contributed by atoms with Crippen molar-refractivity contribution in [3.63, 3.8) is 0 Å². The summed E-state index contributed by atoms with van der Waals surface area (Å²) in [4.78, 5) is 15.1. The Morgan fingerprint density at radius 1 is 1.00 bits per heavy atom. The molecule has 0 bridgehead atoms. The molecule has 1 heterocycles. The summed E-state index contributed by atoms with van der Waals surface area (Å²) in [6.45, 7) is 9.63. The van der Waals surface area contributed by atoms with Crippen LogP contribution >= 0.6 is 0 Å². The first-order valence-electron chi connectivity index (χ1n) is 12.4. The maximum atomic E-state index is 14.2. The van der Waals surface area contributed by atoms with E-state index in [2.05, 4.69) is 63.9 Å². The van der Waals surface area contributed by atoms with E-state index >= 15 is 0 Å². The van der Waals surface area contributed by atoms with Gasteiger partial charge in [-0.05, 0) is 52.1 Å². The van der Waals surface area contributed by atoms with Gasteiger partial charge in [0.2, 0.25) is 0 Å². The highest BCUT2D eigenvalue weighted by atomic mass is 19.3. The highest BCUT2D eigenvalue weighted by Gasteiger charge is 2.60. The van der Waals surface area contributed by atoms with Crippen LogP contribution in [-0.4, -0.2) is 45.7 Å². The van der Waals surface area contributed by atoms with Crippen LogP contribution in [0.25, 0.3) is 0 Å². The number of urea groups is 1. The van der Waals surface area contributed by atoms with Crippen molar-refractivity contribution in [3.05, 3.63) is 59.4 Å². The quantitative estimate of drug-likeness (QED) is 0.295. The number of benzene rings is 2. The number of anilines is 3. The number of rotatable bonds is 9. The zero-order valence-corrected chi connectivity index (χ0v) is 21.7. The molecule has 12 heteroatoms. The van der Waals surface area contributed by atoms with Crippen LogP contribution in [0.5, 0.6) is 0 Å². The molecule has 0 unspecified atom stereocenters. The monoisotopic (exact) mass is 533 g/mol. The second kappa shape index (κ2) is 10.6. The standard InChI is InChI=1S/C26H31F4N7O/c1-15(2)11-37(12-16(3)4)22-8-5-17(25(13-26(29,30)14-25)23-33-35-36-34-23)9-21(22)32-24(38)31-20-7-6-18(27)10-19(20)28/h5-10,15-16H,11-14H2,1-4H3,(H2,31,32,38)(H,33,34,35,36). The first kappa shape index (κ1) is 27.3. The van der Waals surface area contributed by atoms with Crippen LogP contribution in [0.2, 0.25) is 0 Å². The van der Waals surface area contributed by atoms with E-state index in [9.17, 15) is 22.4 Å². The van der Waals surface area contributed by atoms with Crippen LogP contribution in [-0.2, 0) is 5.41 Å². The largest absolute Gasteiger partial charge is 0.369 e. The number of nitrogens with zero attached hydrogens (tertiary/aromatic N) is 4. The Hall–Kier alpha value is -3.70. The van der Waals surface area contributed by atoms with E-state index in [-0.39, 0.29) is 11.5 Å². The Labute approximate surface area is 218 Å². The molecule has 1 aliphatic carbocycles. The molecule has 8 nitrogen and oxygen atoms in total. The van der Waals surface area contributed by atoms with E-state index in [0.717, 1.165) is 12.1 Å². The van der Waals surface area contributed by atoms with Crippen LogP contribution in [0.3, 0.4) is 0 Å². The Morgan fingerprint density at radius 3 is 2.21 bits per heavy atom. The number of hydrogen-bond acceptors (Lipinski definition) is 5. The number of H-pyrrole nitrogens is 1. The van der Waals surface area contributed by atoms with Crippen molar-refractivity contribution in [2.75, 3.05) is 28.6 Å². The zero-order chi connectivity index (χ0) is 27.7. The van der Waals surface area contributed by atoms with Crippen molar-refractivity contribution < 1.29 is 22.4 Å². The molecule has 1 aliphatic rings. The van der Waals surface area contributed by atoms with Crippen molar-refractivity contribution in [2.24, 2.45) is 11.8 Å². The Bertz CT molecular complexity index is 1260. The van der Waals surface area contributed by atoms with Gasteiger partial charge in [-0.3, -0.25) is 0 Å². The Kier molecular flexibility index (Phi) is 7.61. The lowest BCUT2D eigenvalue weighted by Gasteiger charge is -2.46. The summed E-state index contributed by atoms with van der Waals surface area (Å²) in [5.74, 6) is -3.80. The average molecular weight is 534 g/mol. The third-order valence-electron chi connectivity index (χ3n) is 6.41. The van der Waals surface area contributed by atoms with E-state index < -0.39 is 41.8 Å². The van der Waals surface area contributed by atoms with Crippen molar-refractivity contribution in [3.8, 4) is 0 Å². The molecule has 38 heavy (non-hydrogen) atoms. The van der Waals surface area contributed by atoms with Crippen LogP contribution in [0, 0.1) is 23.5 Å². The summed E-state index contributed by atoms with van der Waals surface area (Å²) in [5.41, 5.74) is 0.171. The van der Waals surface area contributed by atoms with Crippen molar-refractivity contribution in [2.45, 2.75) is 51.9 Å². The summed E-state index contributed by atoms with van der Waals surface area (Å²) in [7, 11) is 0. The number of tetrazole rings is 1. The van der Waals surface area contributed by atoms with Crippen LogP contribution in [0.4, 0.5) is 39.4 Å². The normalized spacial score (nSPS) is 15.8. The molecular weight excluding hydrogens is 502 g/mol. The predicted molar refractivity (Wildman–Crippen MR) is 136 cm³/mol. The molecule has 0 aliphatic heterocycles. The lowest BCUT2D eigenvalue weighted by Crippen LogP contribution is -2.50. The number of carbonyl (C=O) groups excluding carboxylic acids is 1. The van der Waals surface area contributed by atoms with Gasteiger partial charge >= 0.3 is 6.03 Å². The molecule has 1 aromatic heterocycles. The molecule has 2 aromatic carbocycles. The molecule has 1 saturated carbocycles. The second-order valence-corrected chi connectivity index (χ2v) is 10.7. The van der Waals surface area contributed by atoms with Crippen LogP contribution in [0.1, 0.15) is 51.9 Å². The molecule has 0 saturated heterocycles. The lowest BCUT2D eigenvalue weighted by molar-refractivity contribution is -0.116. The van der Waals surface area contributed by atoms with Gasteiger partial charge in [-0.15, -0.1) is 5.10 Å². The Balaban J connectivity index is 1.74. The molecule has 3 N–H and O–H groups in total. The number of aromatic amines is 1. The minimum atomic E-state index is -2.89. The summed E-state index contributed by atoms with van der Waals surface area (Å²) in [6.07, 6.45) is -0.991. The lowest BCUT2D eigenvalue weighted by atomic mass is 9.61. The van der Waals surface area contributed by atoms with E-state index in [0.29, 0.717) is 47.9 Å². The van der Waals surface area contributed by atoms with Gasteiger partial charge in [0.25, 0.3) is 5.92 Å². The summed E-state index contributed by atoms with van der Waals surface area (Å²) in [6, 6.07) is 7.23. The van der Waals surface area contributed by atoms with E-state index in [1.165, 1.54) is 0 Å². The fraction of sp³-hybridized carbons (Fsp3) is 0.462. The highest BCUT2D eigenvalue weighted by molar-refractivity contribution is 6.02. The molecule has 3 aromatic rings.